The Morgan fingerprint density at radius 3 is 2.33 bits per heavy atom. The number of hydrogen-bond acceptors (Lipinski definition) is 5. The molecule has 6 nitrogen and oxygen atoms in total. The molecule has 0 aromatic heterocycles. The van der Waals surface area contributed by atoms with E-state index in [-0.39, 0.29) is 12.5 Å². The third-order valence-electron chi connectivity index (χ3n) is 4.69. The minimum atomic E-state index is -0.413. The standard InChI is InChI=1S/C21H23NO5/c1-14-11-18(25-2)19(26-3)12-16(14)13-27-21(24)15-6-8-17(9-7-15)22-10-4-5-20(22)23/h6-9,11-12H,4-5,10,13H2,1-3H3. The summed E-state index contributed by atoms with van der Waals surface area (Å²) in [5, 5.41) is 0. The third-order valence-corrected chi connectivity index (χ3v) is 4.69. The van der Waals surface area contributed by atoms with E-state index >= 15 is 0 Å². The monoisotopic (exact) mass is 369 g/mol. The molecule has 27 heavy (non-hydrogen) atoms. The second-order valence-corrected chi connectivity index (χ2v) is 6.41. The van der Waals surface area contributed by atoms with E-state index in [1.54, 1.807) is 43.4 Å². The number of aryl methyl sites for hydroxylation is 1. The van der Waals surface area contributed by atoms with Crippen LogP contribution in [-0.4, -0.2) is 32.6 Å². The van der Waals surface area contributed by atoms with Crippen molar-refractivity contribution < 1.29 is 23.8 Å². The zero-order valence-corrected chi connectivity index (χ0v) is 15.8. The Balaban J connectivity index is 1.66. The molecular formula is C21H23NO5. The van der Waals surface area contributed by atoms with E-state index in [1.807, 2.05) is 19.1 Å². The number of carbonyl (C=O) groups excluding carboxylic acids is 2. The molecule has 0 aliphatic carbocycles. The molecule has 0 atom stereocenters. The molecule has 0 spiro atoms. The minimum Gasteiger partial charge on any atom is -0.493 e. The van der Waals surface area contributed by atoms with Gasteiger partial charge >= 0.3 is 5.97 Å². The first-order valence-corrected chi connectivity index (χ1v) is 8.82. The summed E-state index contributed by atoms with van der Waals surface area (Å²) in [4.78, 5) is 25.9. The average Bonchev–Trinajstić information content (AvgIpc) is 3.12. The second kappa shape index (κ2) is 8.12. The summed E-state index contributed by atoms with van der Waals surface area (Å²) >= 11 is 0. The van der Waals surface area contributed by atoms with Crippen LogP contribution in [0.25, 0.3) is 0 Å². The van der Waals surface area contributed by atoms with E-state index in [0.29, 0.717) is 23.5 Å². The number of anilines is 1. The van der Waals surface area contributed by atoms with Gasteiger partial charge in [0.25, 0.3) is 0 Å². The van der Waals surface area contributed by atoms with Crippen LogP contribution in [0.2, 0.25) is 0 Å². The molecule has 1 aliphatic heterocycles. The van der Waals surface area contributed by atoms with Crippen LogP contribution in [0.15, 0.2) is 36.4 Å². The van der Waals surface area contributed by atoms with Gasteiger partial charge in [-0.3, -0.25) is 4.79 Å². The highest BCUT2D eigenvalue weighted by atomic mass is 16.5. The van der Waals surface area contributed by atoms with Crippen molar-refractivity contribution in [2.24, 2.45) is 0 Å². The number of amides is 1. The van der Waals surface area contributed by atoms with E-state index in [1.165, 1.54) is 0 Å². The minimum absolute atomic E-state index is 0.120. The lowest BCUT2D eigenvalue weighted by Gasteiger charge is -2.16. The van der Waals surface area contributed by atoms with E-state index < -0.39 is 5.97 Å². The number of methoxy groups -OCH3 is 2. The summed E-state index contributed by atoms with van der Waals surface area (Å²) in [6.45, 7) is 2.78. The van der Waals surface area contributed by atoms with Crippen LogP contribution in [0.5, 0.6) is 11.5 Å². The molecule has 2 aromatic rings. The highest BCUT2D eigenvalue weighted by molar-refractivity contribution is 5.96. The number of esters is 1. The lowest BCUT2D eigenvalue weighted by molar-refractivity contribution is -0.117. The Morgan fingerprint density at radius 2 is 1.74 bits per heavy atom. The SMILES string of the molecule is COc1cc(C)c(COC(=O)c2ccc(N3CCCC3=O)cc2)cc1OC. The zero-order valence-electron chi connectivity index (χ0n) is 15.8. The van der Waals surface area contributed by atoms with Crippen LogP contribution in [-0.2, 0) is 16.1 Å². The van der Waals surface area contributed by atoms with Gasteiger partial charge in [0.15, 0.2) is 11.5 Å². The van der Waals surface area contributed by atoms with E-state index in [2.05, 4.69) is 0 Å². The molecule has 142 valence electrons. The van der Waals surface area contributed by atoms with Crippen LogP contribution < -0.4 is 14.4 Å². The Bertz CT molecular complexity index is 844. The molecule has 1 heterocycles. The molecule has 1 saturated heterocycles. The highest BCUT2D eigenvalue weighted by Crippen LogP contribution is 2.30. The molecule has 3 rings (SSSR count). The first-order chi connectivity index (χ1) is 13.0. The molecule has 1 aliphatic rings. The van der Waals surface area contributed by atoms with Crippen LogP contribution in [0, 0.1) is 6.92 Å². The quantitative estimate of drug-likeness (QED) is 0.729. The fourth-order valence-corrected chi connectivity index (χ4v) is 3.10. The Morgan fingerprint density at radius 1 is 1.07 bits per heavy atom. The van der Waals surface area contributed by atoms with E-state index in [0.717, 1.165) is 29.8 Å². The van der Waals surface area contributed by atoms with Crippen molar-refractivity contribution in [3.63, 3.8) is 0 Å². The van der Waals surface area contributed by atoms with Gasteiger partial charge < -0.3 is 19.1 Å². The van der Waals surface area contributed by atoms with Crippen molar-refractivity contribution in [3.05, 3.63) is 53.1 Å². The fraction of sp³-hybridized carbons (Fsp3) is 0.333. The molecule has 6 heteroatoms. The fourth-order valence-electron chi connectivity index (χ4n) is 3.10. The van der Waals surface area contributed by atoms with Crippen molar-refractivity contribution in [2.45, 2.75) is 26.4 Å². The molecule has 1 amide bonds. The molecule has 0 N–H and O–H groups in total. The Hall–Kier alpha value is -3.02. The lowest BCUT2D eigenvalue weighted by atomic mass is 10.1. The highest BCUT2D eigenvalue weighted by Gasteiger charge is 2.21. The van der Waals surface area contributed by atoms with Gasteiger partial charge in [-0.15, -0.1) is 0 Å². The van der Waals surface area contributed by atoms with Crippen molar-refractivity contribution >= 4 is 17.6 Å². The number of hydrogen-bond donors (Lipinski definition) is 0. The molecular weight excluding hydrogens is 346 g/mol. The summed E-state index contributed by atoms with van der Waals surface area (Å²) < 4.78 is 16.0. The smallest absolute Gasteiger partial charge is 0.338 e. The number of rotatable bonds is 6. The topological polar surface area (TPSA) is 65.1 Å². The number of carbonyl (C=O) groups is 2. The van der Waals surface area contributed by atoms with E-state index in [9.17, 15) is 9.59 Å². The molecule has 1 fully saturated rings. The van der Waals surface area contributed by atoms with Gasteiger partial charge in [-0.1, -0.05) is 0 Å². The lowest BCUT2D eigenvalue weighted by Crippen LogP contribution is -2.23. The van der Waals surface area contributed by atoms with E-state index in [4.69, 9.17) is 14.2 Å². The number of benzene rings is 2. The van der Waals surface area contributed by atoms with Gasteiger partial charge in [0.05, 0.1) is 19.8 Å². The maximum absolute atomic E-state index is 12.3. The third kappa shape index (κ3) is 4.05. The molecule has 0 saturated carbocycles. The molecule has 0 unspecified atom stereocenters. The number of nitrogens with zero attached hydrogens (tertiary/aromatic N) is 1. The molecule has 2 aromatic carbocycles. The van der Waals surface area contributed by atoms with Crippen LogP contribution in [0.1, 0.15) is 34.3 Å². The van der Waals surface area contributed by atoms with Gasteiger partial charge in [0.2, 0.25) is 5.91 Å². The van der Waals surface area contributed by atoms with Gasteiger partial charge in [-0.2, -0.15) is 0 Å². The van der Waals surface area contributed by atoms with Crippen LogP contribution in [0.4, 0.5) is 5.69 Å². The maximum Gasteiger partial charge on any atom is 0.338 e. The predicted molar refractivity (Wildman–Crippen MR) is 101 cm³/mol. The summed E-state index contributed by atoms with van der Waals surface area (Å²) in [5.74, 6) is 0.934. The predicted octanol–water partition coefficient (Wildman–Crippen LogP) is 3.50. The van der Waals surface area contributed by atoms with Crippen LogP contribution >= 0.6 is 0 Å². The summed E-state index contributed by atoms with van der Waals surface area (Å²) in [7, 11) is 3.14. The largest absolute Gasteiger partial charge is 0.493 e. The zero-order chi connectivity index (χ0) is 19.4. The first-order valence-electron chi connectivity index (χ1n) is 8.82. The summed E-state index contributed by atoms with van der Waals surface area (Å²) in [6, 6.07) is 10.6. The van der Waals surface area contributed by atoms with Gasteiger partial charge in [-0.25, -0.2) is 4.79 Å². The number of ether oxygens (including phenoxy) is 3. The average molecular weight is 369 g/mol. The second-order valence-electron chi connectivity index (χ2n) is 6.41. The van der Waals surface area contributed by atoms with Crippen molar-refractivity contribution in [1.82, 2.24) is 0 Å². The van der Waals surface area contributed by atoms with Crippen molar-refractivity contribution in [1.29, 1.82) is 0 Å². The molecule has 0 bridgehead atoms. The first kappa shape index (κ1) is 18.8. The van der Waals surface area contributed by atoms with Gasteiger partial charge in [0.1, 0.15) is 6.61 Å². The normalized spacial score (nSPS) is 13.6. The van der Waals surface area contributed by atoms with Crippen LogP contribution in [0.3, 0.4) is 0 Å². The van der Waals surface area contributed by atoms with Gasteiger partial charge in [-0.05, 0) is 60.9 Å². The van der Waals surface area contributed by atoms with Crippen molar-refractivity contribution in [3.8, 4) is 11.5 Å². The summed E-state index contributed by atoms with van der Waals surface area (Å²) in [5.41, 5.74) is 3.05. The molecule has 0 radical (unpaired) electrons. The van der Waals surface area contributed by atoms with Gasteiger partial charge in [0, 0.05) is 18.7 Å². The maximum atomic E-state index is 12.3. The Labute approximate surface area is 158 Å². The Kier molecular flexibility index (Phi) is 5.64. The van der Waals surface area contributed by atoms with Crippen molar-refractivity contribution in [2.75, 3.05) is 25.7 Å². The summed E-state index contributed by atoms with van der Waals surface area (Å²) in [6.07, 6.45) is 1.45.